The molecule has 1 saturated carbocycles. The Kier molecular flexibility index (Phi) is 3.08. The number of carbonyl (C=O) groups is 2. The highest BCUT2D eigenvalue weighted by atomic mass is 16.4. The molecule has 1 aromatic heterocycles. The van der Waals surface area contributed by atoms with Crippen LogP contribution in [-0.4, -0.2) is 16.9 Å². The Hall–Kier alpha value is -1.58. The molecule has 4 nitrogen and oxygen atoms in total. The lowest BCUT2D eigenvalue weighted by Crippen LogP contribution is -2.21. The van der Waals surface area contributed by atoms with Gasteiger partial charge >= 0.3 is 5.97 Å². The summed E-state index contributed by atoms with van der Waals surface area (Å²) in [7, 11) is 0. The number of ketones is 1. The molecule has 1 heterocycles. The van der Waals surface area contributed by atoms with E-state index < -0.39 is 11.9 Å². The Labute approximate surface area is 93.3 Å². The molecular formula is C12H14O4. The molecule has 2 atom stereocenters. The second kappa shape index (κ2) is 4.51. The highest BCUT2D eigenvalue weighted by molar-refractivity contribution is 5.81. The van der Waals surface area contributed by atoms with Crippen LogP contribution < -0.4 is 0 Å². The third-order valence-electron chi connectivity index (χ3n) is 3.13. The molecule has 0 radical (unpaired) electrons. The topological polar surface area (TPSA) is 67.5 Å². The van der Waals surface area contributed by atoms with E-state index >= 15 is 0 Å². The molecule has 1 aliphatic rings. The Balaban J connectivity index is 2.27. The van der Waals surface area contributed by atoms with Gasteiger partial charge in [0.15, 0.2) is 0 Å². The average Bonchev–Trinajstić information content (AvgIpc) is 2.68. The lowest BCUT2D eigenvalue weighted by Gasteiger charge is -2.18. The van der Waals surface area contributed by atoms with E-state index in [1.807, 2.05) is 0 Å². The summed E-state index contributed by atoms with van der Waals surface area (Å²) >= 11 is 0. The molecule has 4 heteroatoms. The fourth-order valence-electron chi connectivity index (χ4n) is 2.31. The van der Waals surface area contributed by atoms with Gasteiger partial charge < -0.3 is 9.52 Å². The van der Waals surface area contributed by atoms with Crippen LogP contribution in [0.15, 0.2) is 22.8 Å². The van der Waals surface area contributed by atoms with Crippen LogP contribution in [0.3, 0.4) is 0 Å². The van der Waals surface area contributed by atoms with Gasteiger partial charge in [-0.3, -0.25) is 9.59 Å². The predicted octanol–water partition coefficient (Wildman–Crippen LogP) is 2.21. The number of rotatable bonds is 2. The molecule has 1 aliphatic carbocycles. The minimum Gasteiger partial charge on any atom is -0.481 e. The first-order chi connectivity index (χ1) is 7.68. The standard InChI is InChI=1S/C12H14O4/c13-8-3-1-4-9(12(14)15)10(7-8)11-5-2-6-16-11/h2,5-6,9-10H,1,3-4,7H2,(H,14,15)/t9-,10-/m0/s1. The lowest BCUT2D eigenvalue weighted by molar-refractivity contribution is -0.143. The van der Waals surface area contributed by atoms with Gasteiger partial charge in [0.25, 0.3) is 0 Å². The van der Waals surface area contributed by atoms with Gasteiger partial charge in [-0.25, -0.2) is 0 Å². The highest BCUT2D eigenvalue weighted by Gasteiger charge is 2.34. The maximum atomic E-state index is 11.5. The summed E-state index contributed by atoms with van der Waals surface area (Å²) in [5, 5.41) is 9.17. The number of hydrogen-bond acceptors (Lipinski definition) is 3. The molecule has 1 N–H and O–H groups in total. The van der Waals surface area contributed by atoms with Crippen LogP contribution in [0.25, 0.3) is 0 Å². The first kappa shape index (κ1) is 10.9. The molecule has 2 rings (SSSR count). The summed E-state index contributed by atoms with van der Waals surface area (Å²) in [4.78, 5) is 22.7. The molecule has 1 aromatic rings. The Morgan fingerprint density at radius 2 is 2.31 bits per heavy atom. The number of carbonyl (C=O) groups excluding carboxylic acids is 1. The van der Waals surface area contributed by atoms with E-state index in [9.17, 15) is 9.59 Å². The largest absolute Gasteiger partial charge is 0.481 e. The van der Waals surface area contributed by atoms with Crippen molar-refractivity contribution in [1.29, 1.82) is 0 Å². The second-order valence-corrected chi connectivity index (χ2v) is 4.20. The number of hydrogen-bond donors (Lipinski definition) is 1. The summed E-state index contributed by atoms with van der Waals surface area (Å²) in [6.07, 6.45) is 3.49. The van der Waals surface area contributed by atoms with Crippen molar-refractivity contribution >= 4 is 11.8 Å². The molecule has 0 bridgehead atoms. The van der Waals surface area contributed by atoms with Crippen molar-refractivity contribution in [3.05, 3.63) is 24.2 Å². The fraction of sp³-hybridized carbons (Fsp3) is 0.500. The molecule has 86 valence electrons. The number of carboxylic acids is 1. The van der Waals surface area contributed by atoms with Gasteiger partial charge in [-0.2, -0.15) is 0 Å². The molecule has 0 aliphatic heterocycles. The van der Waals surface area contributed by atoms with Crippen molar-refractivity contribution in [3.8, 4) is 0 Å². The van der Waals surface area contributed by atoms with Crippen LogP contribution in [-0.2, 0) is 9.59 Å². The maximum absolute atomic E-state index is 11.5. The maximum Gasteiger partial charge on any atom is 0.307 e. The minimum atomic E-state index is -0.837. The molecule has 0 spiro atoms. The van der Waals surface area contributed by atoms with Gasteiger partial charge in [0.1, 0.15) is 11.5 Å². The van der Waals surface area contributed by atoms with Gasteiger partial charge in [-0.15, -0.1) is 0 Å². The zero-order valence-corrected chi connectivity index (χ0v) is 8.89. The van der Waals surface area contributed by atoms with Crippen LogP contribution in [0.5, 0.6) is 0 Å². The van der Waals surface area contributed by atoms with Crippen LogP contribution in [0.1, 0.15) is 37.4 Å². The van der Waals surface area contributed by atoms with E-state index in [0.717, 1.165) is 0 Å². The quantitative estimate of drug-likeness (QED) is 0.779. The van der Waals surface area contributed by atoms with E-state index in [4.69, 9.17) is 9.52 Å². The number of furan rings is 1. The summed E-state index contributed by atoms with van der Waals surface area (Å²) < 4.78 is 5.24. The van der Waals surface area contributed by atoms with Gasteiger partial charge in [0.2, 0.25) is 0 Å². The summed E-state index contributed by atoms with van der Waals surface area (Å²) in [5.74, 6) is -0.899. The smallest absolute Gasteiger partial charge is 0.307 e. The van der Waals surface area contributed by atoms with Gasteiger partial charge in [0.05, 0.1) is 12.2 Å². The molecular weight excluding hydrogens is 208 g/mol. The summed E-state index contributed by atoms with van der Waals surface area (Å²) in [6.45, 7) is 0. The zero-order chi connectivity index (χ0) is 11.5. The molecule has 0 saturated heterocycles. The lowest BCUT2D eigenvalue weighted by atomic mass is 9.86. The van der Waals surface area contributed by atoms with Gasteiger partial charge in [-0.05, 0) is 25.0 Å². The Morgan fingerprint density at radius 1 is 1.50 bits per heavy atom. The van der Waals surface area contributed by atoms with Crippen molar-refractivity contribution in [1.82, 2.24) is 0 Å². The van der Waals surface area contributed by atoms with E-state index in [1.54, 1.807) is 12.1 Å². The third-order valence-corrected chi connectivity index (χ3v) is 3.13. The van der Waals surface area contributed by atoms with E-state index in [1.165, 1.54) is 6.26 Å². The predicted molar refractivity (Wildman–Crippen MR) is 56.0 cm³/mol. The molecule has 0 aromatic carbocycles. The SMILES string of the molecule is O=C1CCC[C@H](C(=O)O)[C@@H](c2ccco2)C1. The fourth-order valence-corrected chi connectivity index (χ4v) is 2.31. The van der Waals surface area contributed by atoms with Crippen molar-refractivity contribution < 1.29 is 19.1 Å². The van der Waals surface area contributed by atoms with Crippen molar-refractivity contribution in [2.45, 2.75) is 31.6 Å². The van der Waals surface area contributed by atoms with Crippen molar-refractivity contribution in [3.63, 3.8) is 0 Å². The minimum absolute atomic E-state index is 0.130. The number of aliphatic carboxylic acids is 1. The highest BCUT2D eigenvalue weighted by Crippen LogP contribution is 2.35. The Bertz CT molecular complexity index is 380. The summed E-state index contributed by atoms with van der Waals surface area (Å²) in [5.41, 5.74) is 0. The Morgan fingerprint density at radius 3 is 2.94 bits per heavy atom. The van der Waals surface area contributed by atoms with Crippen molar-refractivity contribution in [2.75, 3.05) is 0 Å². The van der Waals surface area contributed by atoms with E-state index in [0.29, 0.717) is 25.0 Å². The average molecular weight is 222 g/mol. The van der Waals surface area contributed by atoms with E-state index in [-0.39, 0.29) is 18.1 Å². The normalized spacial score (nSPS) is 26.4. The van der Waals surface area contributed by atoms with Crippen LogP contribution in [0.2, 0.25) is 0 Å². The van der Waals surface area contributed by atoms with Crippen LogP contribution in [0, 0.1) is 5.92 Å². The first-order valence-electron chi connectivity index (χ1n) is 5.46. The number of Topliss-reactive ketones (excluding diaryl/α,β-unsaturated/α-hetero) is 1. The summed E-state index contributed by atoms with van der Waals surface area (Å²) in [6, 6.07) is 3.48. The van der Waals surface area contributed by atoms with Crippen molar-refractivity contribution in [2.24, 2.45) is 5.92 Å². The zero-order valence-electron chi connectivity index (χ0n) is 8.89. The molecule has 1 fully saturated rings. The molecule has 0 amide bonds. The molecule has 16 heavy (non-hydrogen) atoms. The van der Waals surface area contributed by atoms with Crippen LogP contribution in [0.4, 0.5) is 0 Å². The second-order valence-electron chi connectivity index (χ2n) is 4.20. The van der Waals surface area contributed by atoms with Gasteiger partial charge in [0, 0.05) is 18.8 Å². The van der Waals surface area contributed by atoms with Gasteiger partial charge in [-0.1, -0.05) is 0 Å². The van der Waals surface area contributed by atoms with E-state index in [2.05, 4.69) is 0 Å². The monoisotopic (exact) mass is 222 g/mol. The first-order valence-corrected chi connectivity index (χ1v) is 5.46. The number of carboxylic acid groups (broad SMARTS) is 1. The third kappa shape index (κ3) is 2.15. The molecule has 0 unspecified atom stereocenters. The van der Waals surface area contributed by atoms with Crippen LogP contribution >= 0.6 is 0 Å².